The van der Waals surface area contributed by atoms with Crippen molar-refractivity contribution in [3.05, 3.63) is 53.1 Å². The van der Waals surface area contributed by atoms with Crippen LogP contribution in [0.1, 0.15) is 5.56 Å². The van der Waals surface area contributed by atoms with Crippen LogP contribution in [-0.2, 0) is 9.05 Å². The summed E-state index contributed by atoms with van der Waals surface area (Å²) < 4.78 is 22.7. The summed E-state index contributed by atoms with van der Waals surface area (Å²) in [6.07, 6.45) is 0. The van der Waals surface area contributed by atoms with Gasteiger partial charge in [0, 0.05) is 15.7 Å². The Kier molecular flexibility index (Phi) is 3.66. The molecule has 2 nitrogen and oxygen atoms in total. The van der Waals surface area contributed by atoms with Gasteiger partial charge in [-0.3, -0.25) is 0 Å². The van der Waals surface area contributed by atoms with Crippen molar-refractivity contribution in [3.8, 4) is 11.1 Å². The zero-order valence-electron chi connectivity index (χ0n) is 9.52. The molecule has 2 aromatic carbocycles. The number of halogens is 2. The second-order valence-corrected chi connectivity index (χ2v) is 6.98. The first-order chi connectivity index (χ1) is 8.36. The number of aryl methyl sites for hydroxylation is 1. The van der Waals surface area contributed by atoms with E-state index in [1.165, 1.54) is 0 Å². The molecule has 18 heavy (non-hydrogen) atoms. The van der Waals surface area contributed by atoms with Crippen LogP contribution in [0.3, 0.4) is 0 Å². The van der Waals surface area contributed by atoms with Gasteiger partial charge >= 0.3 is 0 Å². The molecule has 0 aliphatic heterocycles. The number of rotatable bonds is 2. The van der Waals surface area contributed by atoms with Crippen LogP contribution in [0.2, 0.25) is 5.02 Å². The van der Waals surface area contributed by atoms with Crippen LogP contribution in [-0.4, -0.2) is 8.42 Å². The van der Waals surface area contributed by atoms with Crippen LogP contribution < -0.4 is 0 Å². The predicted octanol–water partition coefficient (Wildman–Crippen LogP) is 4.24. The molecule has 0 fully saturated rings. The molecule has 94 valence electrons. The van der Waals surface area contributed by atoms with E-state index in [4.69, 9.17) is 22.3 Å². The average Bonchev–Trinajstić information content (AvgIpc) is 2.28. The van der Waals surface area contributed by atoms with Gasteiger partial charge in [-0.25, -0.2) is 8.42 Å². The molecule has 0 atom stereocenters. The Balaban J connectivity index is 2.59. The van der Waals surface area contributed by atoms with Crippen molar-refractivity contribution in [1.29, 1.82) is 0 Å². The zero-order valence-corrected chi connectivity index (χ0v) is 11.9. The minimum Gasteiger partial charge on any atom is -0.207 e. The zero-order chi connectivity index (χ0) is 13.3. The summed E-state index contributed by atoms with van der Waals surface area (Å²) in [6, 6.07) is 12.2. The van der Waals surface area contributed by atoms with E-state index in [0.717, 1.165) is 16.7 Å². The maximum absolute atomic E-state index is 11.4. The Morgan fingerprint density at radius 2 is 1.56 bits per heavy atom. The van der Waals surface area contributed by atoms with Crippen LogP contribution >= 0.6 is 22.3 Å². The molecule has 0 aliphatic carbocycles. The highest BCUT2D eigenvalue weighted by atomic mass is 35.7. The standard InChI is InChI=1S/C13H10Cl2O2S/c1-9-6-11(8-13(7-9)18(15,16)17)10-2-4-12(14)5-3-10/h2-8H,1H3. The first-order valence-electron chi connectivity index (χ1n) is 5.18. The van der Waals surface area contributed by atoms with Crippen LogP contribution in [0.5, 0.6) is 0 Å². The SMILES string of the molecule is Cc1cc(-c2ccc(Cl)cc2)cc(S(=O)(=O)Cl)c1. The highest BCUT2D eigenvalue weighted by Gasteiger charge is 2.12. The molecule has 2 aromatic rings. The summed E-state index contributed by atoms with van der Waals surface area (Å²) in [5, 5.41) is 0.636. The van der Waals surface area contributed by atoms with Gasteiger partial charge in [0.05, 0.1) is 4.90 Å². The smallest absolute Gasteiger partial charge is 0.207 e. The van der Waals surface area contributed by atoms with Gasteiger partial charge in [-0.05, 0) is 47.9 Å². The number of benzene rings is 2. The van der Waals surface area contributed by atoms with Crippen LogP contribution in [0.25, 0.3) is 11.1 Å². The van der Waals surface area contributed by atoms with E-state index < -0.39 is 9.05 Å². The van der Waals surface area contributed by atoms with E-state index in [9.17, 15) is 8.42 Å². The largest absolute Gasteiger partial charge is 0.261 e. The molecule has 2 rings (SSSR count). The average molecular weight is 301 g/mol. The summed E-state index contributed by atoms with van der Waals surface area (Å²) in [5.74, 6) is 0. The molecule has 0 bridgehead atoms. The summed E-state index contributed by atoms with van der Waals surface area (Å²) in [7, 11) is 1.65. The highest BCUT2D eigenvalue weighted by molar-refractivity contribution is 8.13. The van der Waals surface area contributed by atoms with Crippen molar-refractivity contribution in [3.63, 3.8) is 0 Å². The monoisotopic (exact) mass is 300 g/mol. The lowest BCUT2D eigenvalue weighted by Crippen LogP contribution is -1.92. The van der Waals surface area contributed by atoms with Gasteiger partial charge in [0.25, 0.3) is 9.05 Å². The van der Waals surface area contributed by atoms with Crippen LogP contribution in [0.4, 0.5) is 0 Å². The van der Waals surface area contributed by atoms with Gasteiger partial charge < -0.3 is 0 Å². The fraction of sp³-hybridized carbons (Fsp3) is 0.0769. The minimum atomic E-state index is -3.72. The lowest BCUT2D eigenvalue weighted by Gasteiger charge is -2.06. The molecule has 0 N–H and O–H groups in total. The number of hydrogen-bond donors (Lipinski definition) is 0. The molecule has 0 radical (unpaired) electrons. The molecular weight excluding hydrogens is 291 g/mol. The Morgan fingerprint density at radius 1 is 0.944 bits per heavy atom. The highest BCUT2D eigenvalue weighted by Crippen LogP contribution is 2.27. The van der Waals surface area contributed by atoms with E-state index in [2.05, 4.69) is 0 Å². The van der Waals surface area contributed by atoms with E-state index in [-0.39, 0.29) is 4.90 Å². The van der Waals surface area contributed by atoms with E-state index in [1.807, 2.05) is 25.1 Å². The van der Waals surface area contributed by atoms with Gasteiger partial charge in [-0.2, -0.15) is 0 Å². The molecule has 0 unspecified atom stereocenters. The van der Waals surface area contributed by atoms with Crippen molar-refractivity contribution < 1.29 is 8.42 Å². The third-order valence-electron chi connectivity index (χ3n) is 2.51. The normalized spacial score (nSPS) is 11.5. The van der Waals surface area contributed by atoms with Gasteiger partial charge in [0.2, 0.25) is 0 Å². The third kappa shape index (κ3) is 3.05. The van der Waals surface area contributed by atoms with Gasteiger partial charge in [0.15, 0.2) is 0 Å². The first-order valence-corrected chi connectivity index (χ1v) is 7.87. The predicted molar refractivity (Wildman–Crippen MR) is 74.7 cm³/mol. The van der Waals surface area contributed by atoms with Gasteiger partial charge in [-0.15, -0.1) is 0 Å². The van der Waals surface area contributed by atoms with Crippen LogP contribution in [0, 0.1) is 6.92 Å². The molecule has 5 heteroatoms. The summed E-state index contributed by atoms with van der Waals surface area (Å²) in [5.41, 5.74) is 2.53. The molecule has 0 saturated heterocycles. The van der Waals surface area contributed by atoms with Crippen molar-refractivity contribution in [2.24, 2.45) is 0 Å². The first kappa shape index (κ1) is 13.4. The molecule has 0 aliphatic rings. The Bertz CT molecular complexity index is 677. The molecule has 0 amide bonds. The lowest BCUT2D eigenvalue weighted by molar-refractivity contribution is 0.609. The molecular formula is C13H10Cl2O2S. The van der Waals surface area contributed by atoms with E-state index >= 15 is 0 Å². The molecule has 0 saturated carbocycles. The van der Waals surface area contributed by atoms with E-state index in [1.54, 1.807) is 24.3 Å². The van der Waals surface area contributed by atoms with Crippen molar-refractivity contribution in [2.75, 3.05) is 0 Å². The van der Waals surface area contributed by atoms with Gasteiger partial charge in [0.1, 0.15) is 0 Å². The van der Waals surface area contributed by atoms with Crippen LogP contribution in [0.15, 0.2) is 47.4 Å². The van der Waals surface area contributed by atoms with E-state index in [0.29, 0.717) is 5.02 Å². The maximum Gasteiger partial charge on any atom is 0.261 e. The summed E-state index contributed by atoms with van der Waals surface area (Å²) in [4.78, 5) is 0.106. The number of hydrogen-bond acceptors (Lipinski definition) is 2. The maximum atomic E-state index is 11.4. The Labute approximate surface area is 116 Å². The van der Waals surface area contributed by atoms with Crippen molar-refractivity contribution >= 4 is 31.3 Å². The van der Waals surface area contributed by atoms with Gasteiger partial charge in [-0.1, -0.05) is 29.8 Å². The molecule has 0 aromatic heterocycles. The fourth-order valence-corrected chi connectivity index (χ4v) is 2.69. The topological polar surface area (TPSA) is 34.1 Å². The summed E-state index contributed by atoms with van der Waals surface area (Å²) >= 11 is 5.82. The lowest BCUT2D eigenvalue weighted by atomic mass is 10.0. The second-order valence-electron chi connectivity index (χ2n) is 3.98. The molecule has 0 heterocycles. The van der Waals surface area contributed by atoms with Crippen molar-refractivity contribution in [1.82, 2.24) is 0 Å². The van der Waals surface area contributed by atoms with Crippen molar-refractivity contribution in [2.45, 2.75) is 11.8 Å². The minimum absolute atomic E-state index is 0.106. The second kappa shape index (κ2) is 4.92. The Morgan fingerprint density at radius 3 is 2.11 bits per heavy atom. The molecule has 0 spiro atoms. The Hall–Kier alpha value is -1.03. The fourth-order valence-electron chi connectivity index (χ4n) is 1.70. The third-order valence-corrected chi connectivity index (χ3v) is 4.10. The quantitative estimate of drug-likeness (QED) is 0.777. The summed E-state index contributed by atoms with van der Waals surface area (Å²) in [6.45, 7) is 1.82.